The molecule has 0 aliphatic heterocycles. The SMILES string of the molecule is Cc1ccc(C)c(Oc2ccncc2CNC2CC2)c1. The lowest BCUT2D eigenvalue weighted by molar-refractivity contribution is 0.467. The van der Waals surface area contributed by atoms with Gasteiger partial charge in [-0.2, -0.15) is 0 Å². The number of benzene rings is 1. The molecule has 3 heteroatoms. The van der Waals surface area contributed by atoms with E-state index >= 15 is 0 Å². The molecule has 3 rings (SSSR count). The van der Waals surface area contributed by atoms with E-state index in [4.69, 9.17) is 4.74 Å². The van der Waals surface area contributed by atoms with E-state index < -0.39 is 0 Å². The molecule has 0 radical (unpaired) electrons. The Bertz CT molecular complexity index is 606. The number of nitrogens with zero attached hydrogens (tertiary/aromatic N) is 1. The second kappa shape index (κ2) is 5.63. The van der Waals surface area contributed by atoms with Crippen LogP contribution in [0.3, 0.4) is 0 Å². The summed E-state index contributed by atoms with van der Waals surface area (Å²) in [5.41, 5.74) is 3.46. The first kappa shape index (κ1) is 13.1. The van der Waals surface area contributed by atoms with Gasteiger partial charge in [0.1, 0.15) is 11.5 Å². The first-order valence-corrected chi connectivity index (χ1v) is 7.14. The van der Waals surface area contributed by atoms with Gasteiger partial charge in [-0.15, -0.1) is 0 Å². The highest BCUT2D eigenvalue weighted by atomic mass is 16.5. The van der Waals surface area contributed by atoms with Crippen molar-refractivity contribution in [3.63, 3.8) is 0 Å². The van der Waals surface area contributed by atoms with Gasteiger partial charge in [-0.1, -0.05) is 12.1 Å². The molecule has 0 saturated heterocycles. The Labute approximate surface area is 120 Å². The van der Waals surface area contributed by atoms with E-state index in [2.05, 4.69) is 42.3 Å². The average Bonchev–Trinajstić information content (AvgIpc) is 3.26. The second-order valence-corrected chi connectivity index (χ2v) is 5.51. The fourth-order valence-electron chi connectivity index (χ4n) is 2.12. The van der Waals surface area contributed by atoms with Crippen molar-refractivity contribution in [1.82, 2.24) is 10.3 Å². The Kier molecular flexibility index (Phi) is 3.70. The third-order valence-electron chi connectivity index (χ3n) is 3.58. The van der Waals surface area contributed by atoms with Crippen LogP contribution in [0, 0.1) is 13.8 Å². The van der Waals surface area contributed by atoms with Crippen molar-refractivity contribution in [2.75, 3.05) is 0 Å². The average molecular weight is 268 g/mol. The van der Waals surface area contributed by atoms with Crippen molar-refractivity contribution < 1.29 is 4.74 Å². The summed E-state index contributed by atoms with van der Waals surface area (Å²) in [4.78, 5) is 4.21. The van der Waals surface area contributed by atoms with Crippen LogP contribution >= 0.6 is 0 Å². The third kappa shape index (κ3) is 3.17. The fraction of sp³-hybridized carbons (Fsp3) is 0.353. The van der Waals surface area contributed by atoms with E-state index in [0.717, 1.165) is 29.2 Å². The molecule has 1 aliphatic rings. The van der Waals surface area contributed by atoms with Crippen molar-refractivity contribution in [3.8, 4) is 11.5 Å². The largest absolute Gasteiger partial charge is 0.457 e. The zero-order chi connectivity index (χ0) is 13.9. The molecule has 2 aromatic rings. The van der Waals surface area contributed by atoms with Crippen molar-refractivity contribution >= 4 is 0 Å². The molecule has 1 N–H and O–H groups in total. The van der Waals surface area contributed by atoms with Crippen LogP contribution in [-0.4, -0.2) is 11.0 Å². The van der Waals surface area contributed by atoms with Gasteiger partial charge in [0.05, 0.1) is 0 Å². The minimum atomic E-state index is 0.684. The van der Waals surface area contributed by atoms with Gasteiger partial charge < -0.3 is 10.1 Å². The first-order valence-electron chi connectivity index (χ1n) is 7.14. The van der Waals surface area contributed by atoms with Crippen LogP contribution in [0.4, 0.5) is 0 Å². The predicted octanol–water partition coefficient (Wildman–Crippen LogP) is 3.74. The Morgan fingerprint density at radius 2 is 2.05 bits per heavy atom. The molecule has 1 saturated carbocycles. The molecular weight excluding hydrogens is 248 g/mol. The molecule has 0 atom stereocenters. The number of hydrogen-bond donors (Lipinski definition) is 1. The van der Waals surface area contributed by atoms with E-state index in [1.54, 1.807) is 6.20 Å². The maximum Gasteiger partial charge on any atom is 0.135 e. The molecule has 0 amide bonds. The summed E-state index contributed by atoms with van der Waals surface area (Å²) in [6.07, 6.45) is 6.23. The zero-order valence-corrected chi connectivity index (χ0v) is 12.0. The normalized spacial score (nSPS) is 14.3. The van der Waals surface area contributed by atoms with Gasteiger partial charge in [-0.25, -0.2) is 0 Å². The topological polar surface area (TPSA) is 34.1 Å². The van der Waals surface area contributed by atoms with Gasteiger partial charge in [0.2, 0.25) is 0 Å². The number of nitrogens with one attached hydrogen (secondary N) is 1. The molecule has 1 aliphatic carbocycles. The molecule has 0 spiro atoms. The molecule has 104 valence electrons. The van der Waals surface area contributed by atoms with Gasteiger partial charge in [-0.3, -0.25) is 4.98 Å². The van der Waals surface area contributed by atoms with E-state index in [0.29, 0.717) is 6.04 Å². The Hall–Kier alpha value is -1.87. The fourth-order valence-corrected chi connectivity index (χ4v) is 2.12. The van der Waals surface area contributed by atoms with Crippen LogP contribution in [0.2, 0.25) is 0 Å². The summed E-state index contributed by atoms with van der Waals surface area (Å²) in [6, 6.07) is 8.89. The van der Waals surface area contributed by atoms with Crippen molar-refractivity contribution in [2.45, 2.75) is 39.3 Å². The predicted molar refractivity (Wildman–Crippen MR) is 80.1 cm³/mol. The summed E-state index contributed by atoms with van der Waals surface area (Å²) >= 11 is 0. The Morgan fingerprint density at radius 3 is 2.85 bits per heavy atom. The number of aromatic nitrogens is 1. The summed E-state index contributed by atoms with van der Waals surface area (Å²) in [7, 11) is 0. The second-order valence-electron chi connectivity index (χ2n) is 5.51. The summed E-state index contributed by atoms with van der Waals surface area (Å²) in [5, 5.41) is 3.51. The highest BCUT2D eigenvalue weighted by molar-refractivity contribution is 5.41. The number of aryl methyl sites for hydroxylation is 2. The number of ether oxygens (including phenoxy) is 1. The van der Waals surface area contributed by atoms with Gasteiger partial charge in [-0.05, 0) is 49.9 Å². The minimum Gasteiger partial charge on any atom is -0.457 e. The van der Waals surface area contributed by atoms with Crippen LogP contribution in [0.5, 0.6) is 11.5 Å². The minimum absolute atomic E-state index is 0.684. The van der Waals surface area contributed by atoms with Gasteiger partial charge in [0.25, 0.3) is 0 Å². The lowest BCUT2D eigenvalue weighted by atomic mass is 10.1. The van der Waals surface area contributed by atoms with Crippen molar-refractivity contribution in [1.29, 1.82) is 0 Å². The highest BCUT2D eigenvalue weighted by Crippen LogP contribution is 2.29. The van der Waals surface area contributed by atoms with Crippen LogP contribution in [-0.2, 0) is 6.54 Å². The molecular formula is C17H20N2O. The van der Waals surface area contributed by atoms with E-state index in [-0.39, 0.29) is 0 Å². The zero-order valence-electron chi connectivity index (χ0n) is 12.0. The van der Waals surface area contributed by atoms with Crippen molar-refractivity contribution in [2.24, 2.45) is 0 Å². The number of rotatable bonds is 5. The quantitative estimate of drug-likeness (QED) is 0.897. The molecule has 20 heavy (non-hydrogen) atoms. The van der Waals surface area contributed by atoms with Crippen LogP contribution in [0.15, 0.2) is 36.7 Å². The maximum absolute atomic E-state index is 6.09. The molecule has 3 nitrogen and oxygen atoms in total. The summed E-state index contributed by atoms with van der Waals surface area (Å²) in [6.45, 7) is 4.96. The number of pyridine rings is 1. The third-order valence-corrected chi connectivity index (χ3v) is 3.58. The monoisotopic (exact) mass is 268 g/mol. The number of hydrogen-bond acceptors (Lipinski definition) is 3. The lowest BCUT2D eigenvalue weighted by Crippen LogP contribution is -2.15. The molecule has 1 fully saturated rings. The highest BCUT2D eigenvalue weighted by Gasteiger charge is 2.20. The van der Waals surface area contributed by atoms with E-state index in [1.807, 2.05) is 12.3 Å². The molecule has 1 heterocycles. The molecule has 1 aromatic heterocycles. The van der Waals surface area contributed by atoms with Crippen molar-refractivity contribution in [3.05, 3.63) is 53.3 Å². The smallest absolute Gasteiger partial charge is 0.135 e. The van der Waals surface area contributed by atoms with Crippen LogP contribution in [0.25, 0.3) is 0 Å². The standard InChI is InChI=1S/C17H20N2O/c1-12-3-4-13(2)17(9-12)20-16-7-8-18-10-14(16)11-19-15-5-6-15/h3-4,7-10,15,19H,5-6,11H2,1-2H3. The molecule has 1 aromatic carbocycles. The summed E-state index contributed by atoms with van der Waals surface area (Å²) < 4.78 is 6.09. The molecule has 0 bridgehead atoms. The Balaban J connectivity index is 1.80. The van der Waals surface area contributed by atoms with Gasteiger partial charge >= 0.3 is 0 Å². The molecule has 0 unspecified atom stereocenters. The van der Waals surface area contributed by atoms with E-state index in [1.165, 1.54) is 18.4 Å². The van der Waals surface area contributed by atoms with E-state index in [9.17, 15) is 0 Å². The van der Waals surface area contributed by atoms with Gasteiger partial charge in [0.15, 0.2) is 0 Å². The van der Waals surface area contributed by atoms with Gasteiger partial charge in [0, 0.05) is 30.5 Å². The Morgan fingerprint density at radius 1 is 1.20 bits per heavy atom. The van der Waals surface area contributed by atoms with Crippen LogP contribution < -0.4 is 10.1 Å². The first-order chi connectivity index (χ1) is 9.72. The van der Waals surface area contributed by atoms with Crippen LogP contribution in [0.1, 0.15) is 29.5 Å². The maximum atomic E-state index is 6.09. The lowest BCUT2D eigenvalue weighted by Gasteiger charge is -2.13. The summed E-state index contributed by atoms with van der Waals surface area (Å²) in [5.74, 6) is 1.81.